The molecule has 2 aromatic carbocycles. The lowest BCUT2D eigenvalue weighted by atomic mass is 10.1. The number of imide groups is 1. The molecule has 3 rings (SSSR count). The number of hydrogen-bond acceptors (Lipinski definition) is 5. The van der Waals surface area contributed by atoms with E-state index >= 15 is 0 Å². The second-order valence-corrected chi connectivity index (χ2v) is 6.85. The number of nitrogens with one attached hydrogen (secondary N) is 1. The van der Waals surface area contributed by atoms with Crippen molar-refractivity contribution in [2.75, 3.05) is 5.32 Å². The first kappa shape index (κ1) is 18.0. The van der Waals surface area contributed by atoms with Gasteiger partial charge in [-0.1, -0.05) is 6.07 Å². The summed E-state index contributed by atoms with van der Waals surface area (Å²) in [5.41, 5.74) is -0.284. The molecule has 8 nitrogen and oxygen atoms in total. The van der Waals surface area contributed by atoms with Gasteiger partial charge in [-0.2, -0.15) is 0 Å². The van der Waals surface area contributed by atoms with Gasteiger partial charge in [0.1, 0.15) is 11.6 Å². The summed E-state index contributed by atoms with van der Waals surface area (Å²) in [7, 11) is 0. The van der Waals surface area contributed by atoms with Crippen LogP contribution in [0.1, 0.15) is 27.6 Å². The smallest absolute Gasteiger partial charge is 0.282 e. The lowest BCUT2D eigenvalue weighted by Gasteiger charge is -2.21. The number of rotatable bonds is 4. The van der Waals surface area contributed by atoms with E-state index in [1.165, 1.54) is 19.1 Å². The maximum absolute atomic E-state index is 12.6. The van der Waals surface area contributed by atoms with Crippen molar-refractivity contribution in [2.24, 2.45) is 0 Å². The van der Waals surface area contributed by atoms with Crippen LogP contribution < -0.4 is 5.32 Å². The Morgan fingerprint density at radius 3 is 2.42 bits per heavy atom. The SMILES string of the molecule is C[C@H](C(=O)Nc1ccc(I)cc1)N1C(=O)c2cccc([N+](=O)[O-])c2C1=O. The highest BCUT2D eigenvalue weighted by atomic mass is 127. The second-order valence-electron chi connectivity index (χ2n) is 5.61. The molecule has 1 heterocycles. The maximum atomic E-state index is 12.6. The quantitative estimate of drug-likeness (QED) is 0.323. The number of nitro benzene ring substituents is 1. The van der Waals surface area contributed by atoms with Crippen molar-refractivity contribution in [2.45, 2.75) is 13.0 Å². The average Bonchev–Trinajstić information content (AvgIpc) is 2.87. The zero-order valence-electron chi connectivity index (χ0n) is 13.4. The molecule has 26 heavy (non-hydrogen) atoms. The third kappa shape index (κ3) is 3.05. The van der Waals surface area contributed by atoms with E-state index in [9.17, 15) is 24.5 Å². The first-order chi connectivity index (χ1) is 12.3. The first-order valence-electron chi connectivity index (χ1n) is 7.53. The lowest BCUT2D eigenvalue weighted by Crippen LogP contribution is -2.45. The van der Waals surface area contributed by atoms with Crippen molar-refractivity contribution in [1.29, 1.82) is 0 Å². The number of benzene rings is 2. The Bertz CT molecular complexity index is 942. The largest absolute Gasteiger partial charge is 0.324 e. The van der Waals surface area contributed by atoms with Crippen molar-refractivity contribution < 1.29 is 19.3 Å². The number of carbonyl (C=O) groups excluding carboxylic acids is 3. The fourth-order valence-corrected chi connectivity index (χ4v) is 3.05. The number of amides is 3. The Kier molecular flexibility index (Phi) is 4.72. The highest BCUT2D eigenvalue weighted by Gasteiger charge is 2.44. The summed E-state index contributed by atoms with van der Waals surface area (Å²) in [4.78, 5) is 48.7. The minimum absolute atomic E-state index is 0.0712. The zero-order valence-corrected chi connectivity index (χ0v) is 15.6. The molecule has 0 aromatic heterocycles. The normalized spacial score (nSPS) is 14.2. The summed E-state index contributed by atoms with van der Waals surface area (Å²) in [5, 5.41) is 13.8. The molecule has 9 heteroatoms. The predicted molar refractivity (Wildman–Crippen MR) is 101 cm³/mol. The molecule has 0 unspecified atom stereocenters. The Morgan fingerprint density at radius 2 is 1.81 bits per heavy atom. The van der Waals surface area contributed by atoms with Crippen molar-refractivity contribution in [3.63, 3.8) is 0 Å². The Labute approximate surface area is 161 Å². The summed E-state index contributed by atoms with van der Waals surface area (Å²) in [5.74, 6) is -2.13. The van der Waals surface area contributed by atoms with Gasteiger partial charge >= 0.3 is 0 Å². The molecule has 1 aliphatic rings. The van der Waals surface area contributed by atoms with Crippen LogP contribution in [0, 0.1) is 13.7 Å². The highest BCUT2D eigenvalue weighted by Crippen LogP contribution is 2.32. The van der Waals surface area contributed by atoms with E-state index < -0.39 is 34.4 Å². The summed E-state index contributed by atoms with van der Waals surface area (Å²) in [6, 6.07) is 9.69. The third-order valence-corrected chi connectivity index (χ3v) is 4.72. The maximum Gasteiger partial charge on any atom is 0.282 e. The predicted octanol–water partition coefficient (Wildman–Crippen LogP) is 2.82. The summed E-state index contributed by atoms with van der Waals surface area (Å²) in [6.45, 7) is 1.40. The van der Waals surface area contributed by atoms with Crippen LogP contribution in [0.3, 0.4) is 0 Å². The van der Waals surface area contributed by atoms with E-state index in [0.29, 0.717) is 5.69 Å². The second kappa shape index (κ2) is 6.83. The van der Waals surface area contributed by atoms with Gasteiger partial charge in [0.25, 0.3) is 17.5 Å². The summed E-state index contributed by atoms with van der Waals surface area (Å²) in [6.07, 6.45) is 0. The first-order valence-corrected chi connectivity index (χ1v) is 8.61. The van der Waals surface area contributed by atoms with Gasteiger partial charge in [0.2, 0.25) is 5.91 Å². The highest BCUT2D eigenvalue weighted by molar-refractivity contribution is 14.1. The molecule has 2 aromatic rings. The van der Waals surface area contributed by atoms with Crippen LogP contribution >= 0.6 is 22.6 Å². The van der Waals surface area contributed by atoms with Gasteiger partial charge in [0.05, 0.1) is 10.5 Å². The van der Waals surface area contributed by atoms with Crippen molar-refractivity contribution >= 4 is 51.7 Å². The van der Waals surface area contributed by atoms with Gasteiger partial charge in [-0.15, -0.1) is 0 Å². The van der Waals surface area contributed by atoms with E-state index in [4.69, 9.17) is 0 Å². The van der Waals surface area contributed by atoms with Crippen LogP contribution in [0.15, 0.2) is 42.5 Å². The van der Waals surface area contributed by atoms with Crippen LogP contribution in [0.25, 0.3) is 0 Å². The molecule has 0 radical (unpaired) electrons. The van der Waals surface area contributed by atoms with Crippen molar-refractivity contribution in [3.05, 3.63) is 67.3 Å². The van der Waals surface area contributed by atoms with Crippen LogP contribution in [-0.4, -0.2) is 33.6 Å². The van der Waals surface area contributed by atoms with Crippen LogP contribution in [-0.2, 0) is 4.79 Å². The molecule has 0 bridgehead atoms. The monoisotopic (exact) mass is 465 g/mol. The van der Waals surface area contributed by atoms with Gasteiger partial charge in [-0.3, -0.25) is 29.4 Å². The number of carbonyl (C=O) groups is 3. The van der Waals surface area contributed by atoms with E-state index in [-0.39, 0.29) is 11.1 Å². The number of nitrogens with zero attached hydrogens (tertiary/aromatic N) is 2. The fourth-order valence-electron chi connectivity index (χ4n) is 2.69. The molecule has 0 aliphatic carbocycles. The standard InChI is InChI=1S/C17H12IN3O5/c1-9(15(22)19-11-7-5-10(18)6-8-11)20-16(23)12-3-2-4-13(21(25)26)14(12)17(20)24/h2-9H,1H3,(H,19,22)/t9-/m1/s1. The van der Waals surface area contributed by atoms with E-state index in [0.717, 1.165) is 14.5 Å². The molecular weight excluding hydrogens is 453 g/mol. The molecule has 1 atom stereocenters. The molecule has 3 amide bonds. The molecule has 0 spiro atoms. The molecule has 0 saturated heterocycles. The van der Waals surface area contributed by atoms with Gasteiger partial charge in [0, 0.05) is 15.3 Å². The van der Waals surface area contributed by atoms with Crippen molar-refractivity contribution in [1.82, 2.24) is 4.90 Å². The number of halogens is 1. The fraction of sp³-hybridized carbons (Fsp3) is 0.118. The van der Waals surface area contributed by atoms with Gasteiger partial charge < -0.3 is 5.32 Å². The molecule has 1 N–H and O–H groups in total. The Hall–Kier alpha value is -2.82. The molecule has 132 valence electrons. The van der Waals surface area contributed by atoms with Gasteiger partial charge in [-0.05, 0) is 59.8 Å². The summed E-state index contributed by atoms with van der Waals surface area (Å²) >= 11 is 2.12. The molecular formula is C17H12IN3O5. The topological polar surface area (TPSA) is 110 Å². The summed E-state index contributed by atoms with van der Waals surface area (Å²) < 4.78 is 0.987. The van der Waals surface area contributed by atoms with Gasteiger partial charge in [0.15, 0.2) is 0 Å². The Balaban J connectivity index is 1.87. The number of fused-ring (bicyclic) bond motifs is 1. The molecule has 0 fully saturated rings. The van der Waals surface area contributed by atoms with Crippen molar-refractivity contribution in [3.8, 4) is 0 Å². The van der Waals surface area contributed by atoms with Crippen LogP contribution in [0.4, 0.5) is 11.4 Å². The number of hydrogen-bond donors (Lipinski definition) is 1. The number of nitro groups is 1. The zero-order chi connectivity index (χ0) is 19.0. The third-order valence-electron chi connectivity index (χ3n) is 4.00. The van der Waals surface area contributed by atoms with E-state index in [2.05, 4.69) is 27.9 Å². The van der Waals surface area contributed by atoms with Crippen LogP contribution in [0.2, 0.25) is 0 Å². The lowest BCUT2D eigenvalue weighted by molar-refractivity contribution is -0.385. The van der Waals surface area contributed by atoms with E-state index in [1.807, 2.05) is 0 Å². The van der Waals surface area contributed by atoms with Crippen LogP contribution in [0.5, 0.6) is 0 Å². The average molecular weight is 465 g/mol. The minimum atomic E-state index is -1.12. The minimum Gasteiger partial charge on any atom is -0.324 e. The van der Waals surface area contributed by atoms with E-state index in [1.54, 1.807) is 24.3 Å². The van der Waals surface area contributed by atoms with Gasteiger partial charge in [-0.25, -0.2) is 0 Å². The number of anilines is 1. The Morgan fingerprint density at radius 1 is 1.15 bits per heavy atom. The molecule has 0 saturated carbocycles. The molecule has 1 aliphatic heterocycles.